The van der Waals surface area contributed by atoms with E-state index in [-0.39, 0.29) is 24.0 Å². The Hall–Kier alpha value is -2.05. The first-order valence-electron chi connectivity index (χ1n) is 9.72. The minimum atomic E-state index is -0.0720. The van der Waals surface area contributed by atoms with Gasteiger partial charge in [-0.3, -0.25) is 4.79 Å². The molecule has 1 aromatic heterocycles. The molecule has 26 heavy (non-hydrogen) atoms. The molecule has 0 spiro atoms. The smallest absolute Gasteiger partial charge is 0.318 e. The third-order valence-electron chi connectivity index (χ3n) is 5.50. The summed E-state index contributed by atoms with van der Waals surface area (Å²) in [6.07, 6.45) is 5.49. The second-order valence-corrected chi connectivity index (χ2v) is 7.38. The Morgan fingerprint density at radius 1 is 1.31 bits per heavy atom. The van der Waals surface area contributed by atoms with E-state index in [0.29, 0.717) is 19.1 Å². The van der Waals surface area contributed by atoms with Gasteiger partial charge < -0.3 is 19.5 Å². The number of carbonyl (C=O) groups excluding carboxylic acids is 2. The molecule has 2 fully saturated rings. The quantitative estimate of drug-likeness (QED) is 0.812. The molecule has 2 amide bonds. The summed E-state index contributed by atoms with van der Waals surface area (Å²) in [4.78, 5) is 26.3. The number of esters is 1. The Morgan fingerprint density at radius 2 is 2.08 bits per heavy atom. The number of aromatic nitrogens is 1. The fourth-order valence-corrected chi connectivity index (χ4v) is 4.04. The van der Waals surface area contributed by atoms with Gasteiger partial charge in [0.05, 0.1) is 24.3 Å². The summed E-state index contributed by atoms with van der Waals surface area (Å²) < 4.78 is 10.5. The van der Waals surface area contributed by atoms with Gasteiger partial charge in [0, 0.05) is 19.2 Å². The van der Waals surface area contributed by atoms with Crippen LogP contribution in [0.3, 0.4) is 0 Å². The molecule has 2 heterocycles. The summed E-state index contributed by atoms with van der Waals surface area (Å²) in [6, 6.07) is 1.86. The Kier molecular flexibility index (Phi) is 6.16. The van der Waals surface area contributed by atoms with Crippen molar-refractivity contribution in [2.75, 3.05) is 19.7 Å². The van der Waals surface area contributed by atoms with E-state index in [1.54, 1.807) is 0 Å². The van der Waals surface area contributed by atoms with Crippen LogP contribution in [-0.4, -0.2) is 41.8 Å². The molecule has 1 aliphatic carbocycles. The van der Waals surface area contributed by atoms with Crippen LogP contribution < -0.4 is 5.32 Å². The first-order valence-corrected chi connectivity index (χ1v) is 9.72. The van der Waals surface area contributed by atoms with E-state index in [1.165, 1.54) is 0 Å². The van der Waals surface area contributed by atoms with Crippen LogP contribution in [0.15, 0.2) is 10.6 Å². The monoisotopic (exact) mass is 363 g/mol. The Morgan fingerprint density at radius 3 is 2.73 bits per heavy atom. The fraction of sp³-hybridized carbons (Fsp3) is 0.737. The van der Waals surface area contributed by atoms with Crippen LogP contribution in [0, 0.1) is 18.8 Å². The van der Waals surface area contributed by atoms with Crippen molar-refractivity contribution in [1.82, 2.24) is 15.4 Å². The largest absolute Gasteiger partial charge is 0.466 e. The zero-order valence-electron chi connectivity index (χ0n) is 15.7. The lowest BCUT2D eigenvalue weighted by molar-refractivity contribution is -0.149. The molecule has 3 rings (SSSR count). The van der Waals surface area contributed by atoms with Gasteiger partial charge in [-0.25, -0.2) is 4.79 Å². The molecule has 7 nitrogen and oxygen atoms in total. The van der Waals surface area contributed by atoms with Gasteiger partial charge in [-0.05, 0) is 58.3 Å². The average molecular weight is 363 g/mol. The minimum Gasteiger partial charge on any atom is -0.466 e. The van der Waals surface area contributed by atoms with Crippen molar-refractivity contribution in [1.29, 1.82) is 0 Å². The number of nitrogens with zero attached hydrogens (tertiary/aromatic N) is 2. The lowest BCUT2D eigenvalue weighted by atomic mass is 9.82. The Bertz CT molecular complexity index is 622. The van der Waals surface area contributed by atoms with Gasteiger partial charge >= 0.3 is 12.0 Å². The van der Waals surface area contributed by atoms with Crippen molar-refractivity contribution in [3.63, 3.8) is 0 Å². The van der Waals surface area contributed by atoms with Gasteiger partial charge in [-0.1, -0.05) is 5.16 Å². The van der Waals surface area contributed by atoms with E-state index in [0.717, 1.165) is 56.5 Å². The van der Waals surface area contributed by atoms with Crippen LogP contribution in [0.1, 0.15) is 62.9 Å². The number of likely N-dealkylation sites (tertiary alicyclic amines) is 1. The molecule has 144 valence electrons. The molecular formula is C19H29N3O4. The van der Waals surface area contributed by atoms with Crippen molar-refractivity contribution in [2.24, 2.45) is 11.8 Å². The maximum absolute atomic E-state index is 12.6. The summed E-state index contributed by atoms with van der Waals surface area (Å²) in [5.74, 6) is 1.15. The second kappa shape index (κ2) is 8.56. The number of amides is 2. The van der Waals surface area contributed by atoms with Gasteiger partial charge in [-0.2, -0.15) is 0 Å². The summed E-state index contributed by atoms with van der Waals surface area (Å²) in [5, 5.41) is 7.02. The summed E-state index contributed by atoms with van der Waals surface area (Å²) in [7, 11) is 0. The molecule has 1 saturated carbocycles. The number of hydrogen-bond donors (Lipinski definition) is 1. The molecule has 1 aliphatic heterocycles. The Labute approximate surface area is 154 Å². The molecule has 1 atom stereocenters. The predicted octanol–water partition coefficient (Wildman–Crippen LogP) is 3.20. The number of urea groups is 1. The van der Waals surface area contributed by atoms with Crippen molar-refractivity contribution < 1.29 is 18.8 Å². The molecule has 1 saturated heterocycles. The SMILES string of the molecule is CCOC(=O)C1CCC(CNC(=O)N2CCC[C@@H]2c2cc(C)no2)CC1. The van der Waals surface area contributed by atoms with Crippen LogP contribution in [0.25, 0.3) is 0 Å². The number of aryl methyl sites for hydroxylation is 1. The average Bonchev–Trinajstić information content (AvgIpc) is 3.29. The molecule has 0 unspecified atom stereocenters. The number of rotatable bonds is 5. The summed E-state index contributed by atoms with van der Waals surface area (Å²) in [5.41, 5.74) is 0.839. The van der Waals surface area contributed by atoms with E-state index >= 15 is 0 Å². The zero-order valence-corrected chi connectivity index (χ0v) is 15.7. The topological polar surface area (TPSA) is 84.7 Å². The summed E-state index contributed by atoms with van der Waals surface area (Å²) in [6.45, 7) is 5.57. The second-order valence-electron chi connectivity index (χ2n) is 7.38. The fourth-order valence-electron chi connectivity index (χ4n) is 4.04. The molecule has 1 N–H and O–H groups in total. The maximum atomic E-state index is 12.6. The zero-order chi connectivity index (χ0) is 18.5. The Balaban J connectivity index is 1.45. The normalized spacial score (nSPS) is 25.9. The highest BCUT2D eigenvalue weighted by atomic mass is 16.5. The van der Waals surface area contributed by atoms with Crippen molar-refractivity contribution in [2.45, 2.75) is 58.4 Å². The third kappa shape index (κ3) is 4.37. The van der Waals surface area contributed by atoms with E-state index < -0.39 is 0 Å². The number of nitrogens with one attached hydrogen (secondary N) is 1. The van der Waals surface area contributed by atoms with Crippen molar-refractivity contribution in [3.8, 4) is 0 Å². The van der Waals surface area contributed by atoms with Crippen molar-refractivity contribution >= 4 is 12.0 Å². The highest BCUT2D eigenvalue weighted by molar-refractivity contribution is 5.75. The molecular weight excluding hydrogens is 334 g/mol. The van der Waals surface area contributed by atoms with Crippen LogP contribution in [-0.2, 0) is 9.53 Å². The van der Waals surface area contributed by atoms with Crippen LogP contribution in [0.2, 0.25) is 0 Å². The van der Waals surface area contributed by atoms with Gasteiger partial charge in [0.2, 0.25) is 0 Å². The van der Waals surface area contributed by atoms with Crippen LogP contribution >= 0.6 is 0 Å². The molecule has 0 aromatic carbocycles. The van der Waals surface area contributed by atoms with Gasteiger partial charge in [0.25, 0.3) is 0 Å². The highest BCUT2D eigenvalue weighted by Crippen LogP contribution is 2.33. The van der Waals surface area contributed by atoms with E-state index in [2.05, 4.69) is 10.5 Å². The van der Waals surface area contributed by atoms with E-state index in [1.807, 2.05) is 24.8 Å². The predicted molar refractivity (Wildman–Crippen MR) is 95.4 cm³/mol. The summed E-state index contributed by atoms with van der Waals surface area (Å²) >= 11 is 0. The number of ether oxygens (including phenoxy) is 1. The van der Waals surface area contributed by atoms with Gasteiger partial charge in [-0.15, -0.1) is 0 Å². The van der Waals surface area contributed by atoms with Crippen LogP contribution in [0.5, 0.6) is 0 Å². The molecule has 7 heteroatoms. The van der Waals surface area contributed by atoms with E-state index in [4.69, 9.17) is 9.26 Å². The molecule has 0 radical (unpaired) electrons. The highest BCUT2D eigenvalue weighted by Gasteiger charge is 2.33. The molecule has 0 bridgehead atoms. The first-order chi connectivity index (χ1) is 12.6. The number of carbonyl (C=O) groups is 2. The first kappa shape index (κ1) is 18.7. The molecule has 1 aromatic rings. The lowest BCUT2D eigenvalue weighted by Gasteiger charge is -2.29. The number of hydrogen-bond acceptors (Lipinski definition) is 5. The van der Waals surface area contributed by atoms with Gasteiger partial charge in [0.1, 0.15) is 0 Å². The molecule has 2 aliphatic rings. The van der Waals surface area contributed by atoms with Crippen molar-refractivity contribution in [3.05, 3.63) is 17.5 Å². The third-order valence-corrected chi connectivity index (χ3v) is 5.50. The lowest BCUT2D eigenvalue weighted by Crippen LogP contribution is -2.42. The maximum Gasteiger partial charge on any atom is 0.318 e. The van der Waals surface area contributed by atoms with E-state index in [9.17, 15) is 9.59 Å². The minimum absolute atomic E-state index is 0.0178. The van der Waals surface area contributed by atoms with Crippen LogP contribution in [0.4, 0.5) is 4.79 Å². The standard InChI is InChI=1S/C19H29N3O4/c1-3-25-18(23)15-8-6-14(7-9-15)12-20-19(24)22-10-4-5-16(22)17-11-13(2)21-26-17/h11,14-16H,3-10,12H2,1-2H3,(H,20,24)/t14?,15?,16-/m1/s1. The van der Waals surface area contributed by atoms with Gasteiger partial charge in [0.15, 0.2) is 5.76 Å².